The summed E-state index contributed by atoms with van der Waals surface area (Å²) >= 11 is 1.85. The van der Waals surface area contributed by atoms with Crippen LogP contribution in [0.15, 0.2) is 17.0 Å². The van der Waals surface area contributed by atoms with E-state index in [-0.39, 0.29) is 11.4 Å². The van der Waals surface area contributed by atoms with Crippen LogP contribution in [0.2, 0.25) is 0 Å². The molecule has 0 saturated heterocycles. The molecule has 0 aliphatic carbocycles. The Balaban J connectivity index is 2.56. The van der Waals surface area contributed by atoms with Gasteiger partial charge in [0, 0.05) is 4.90 Å². The number of esters is 1. The number of hydrogen-bond acceptors (Lipinski definition) is 3. The van der Waals surface area contributed by atoms with Crippen LogP contribution in [0.4, 0.5) is 0 Å². The van der Waals surface area contributed by atoms with Crippen LogP contribution in [0, 0.1) is 6.92 Å². The summed E-state index contributed by atoms with van der Waals surface area (Å²) in [7, 11) is 1.43. The molecule has 0 radical (unpaired) electrons. The average molecular weight is 250 g/mol. The summed E-state index contributed by atoms with van der Waals surface area (Å²) in [5.41, 5.74) is 3.32. The molecule has 0 aromatic heterocycles. The van der Waals surface area contributed by atoms with E-state index in [1.165, 1.54) is 24.0 Å². The third-order valence-electron chi connectivity index (χ3n) is 3.51. The van der Waals surface area contributed by atoms with Crippen molar-refractivity contribution in [2.75, 3.05) is 12.9 Å². The number of rotatable bonds is 1. The lowest BCUT2D eigenvalue weighted by atomic mass is 9.80. The third-order valence-corrected chi connectivity index (χ3v) is 4.74. The number of hydrogen-bond donors (Lipinski definition) is 0. The highest BCUT2D eigenvalue weighted by molar-refractivity contribution is 7.99. The lowest BCUT2D eigenvalue weighted by Crippen LogP contribution is -2.24. The fraction of sp³-hybridized carbons (Fsp3) is 0.500. The lowest BCUT2D eigenvalue weighted by molar-refractivity contribution is 0.0599. The first-order chi connectivity index (χ1) is 7.97. The molecule has 0 bridgehead atoms. The second-order valence-corrected chi connectivity index (χ2v) is 6.19. The van der Waals surface area contributed by atoms with Gasteiger partial charge in [0.15, 0.2) is 0 Å². The molecule has 2 rings (SSSR count). The number of thioether (sulfide) groups is 1. The molecule has 0 spiro atoms. The predicted octanol–water partition coefficient (Wildman–Crippen LogP) is 3.56. The van der Waals surface area contributed by atoms with Gasteiger partial charge in [-0.15, -0.1) is 11.8 Å². The Kier molecular flexibility index (Phi) is 3.21. The van der Waals surface area contributed by atoms with E-state index in [1.807, 2.05) is 24.8 Å². The van der Waals surface area contributed by atoms with Crippen LogP contribution in [-0.2, 0) is 10.2 Å². The topological polar surface area (TPSA) is 26.3 Å². The van der Waals surface area contributed by atoms with Crippen LogP contribution in [-0.4, -0.2) is 18.8 Å². The summed E-state index contributed by atoms with van der Waals surface area (Å²) in [6, 6.07) is 3.98. The molecule has 92 valence electrons. The van der Waals surface area contributed by atoms with Gasteiger partial charge in [-0.2, -0.15) is 0 Å². The second kappa shape index (κ2) is 4.37. The Morgan fingerprint density at radius 2 is 2.12 bits per heavy atom. The second-order valence-electron chi connectivity index (χ2n) is 5.09. The Morgan fingerprint density at radius 1 is 1.41 bits per heavy atom. The molecule has 1 aliphatic heterocycles. The molecule has 1 aliphatic rings. The van der Waals surface area contributed by atoms with Gasteiger partial charge in [0.25, 0.3) is 0 Å². The number of carbonyl (C=O) groups is 1. The molecule has 0 N–H and O–H groups in total. The van der Waals surface area contributed by atoms with Crippen molar-refractivity contribution in [3.63, 3.8) is 0 Å². The first-order valence-electron chi connectivity index (χ1n) is 5.82. The van der Waals surface area contributed by atoms with Crippen LogP contribution in [0.5, 0.6) is 0 Å². The van der Waals surface area contributed by atoms with Crippen LogP contribution in [0.1, 0.15) is 41.8 Å². The van der Waals surface area contributed by atoms with E-state index in [4.69, 9.17) is 4.74 Å². The maximum absolute atomic E-state index is 11.6. The fourth-order valence-electron chi connectivity index (χ4n) is 2.28. The molecule has 3 heteroatoms. The largest absolute Gasteiger partial charge is 0.465 e. The van der Waals surface area contributed by atoms with E-state index in [1.54, 1.807) is 0 Å². The Morgan fingerprint density at radius 3 is 2.76 bits per heavy atom. The van der Waals surface area contributed by atoms with Crippen LogP contribution >= 0.6 is 11.8 Å². The summed E-state index contributed by atoms with van der Waals surface area (Å²) in [4.78, 5) is 12.9. The van der Waals surface area contributed by atoms with Crippen molar-refractivity contribution in [3.8, 4) is 0 Å². The minimum atomic E-state index is -0.241. The maximum Gasteiger partial charge on any atom is 0.338 e. The van der Waals surface area contributed by atoms with Crippen molar-refractivity contribution in [1.82, 2.24) is 0 Å². The molecule has 1 aromatic carbocycles. The van der Waals surface area contributed by atoms with E-state index in [0.29, 0.717) is 5.56 Å². The molecule has 0 saturated carbocycles. The lowest BCUT2D eigenvalue weighted by Gasteiger charge is -2.33. The highest BCUT2D eigenvalue weighted by atomic mass is 32.2. The van der Waals surface area contributed by atoms with Gasteiger partial charge >= 0.3 is 5.97 Å². The molecule has 0 amide bonds. The molecule has 1 aromatic rings. The first-order valence-corrected chi connectivity index (χ1v) is 6.81. The minimum Gasteiger partial charge on any atom is -0.465 e. The Bertz CT molecular complexity index is 464. The third kappa shape index (κ3) is 2.08. The molecule has 0 atom stereocenters. The number of methoxy groups -OCH3 is 1. The van der Waals surface area contributed by atoms with Gasteiger partial charge in [-0.25, -0.2) is 4.79 Å². The Hall–Kier alpha value is -0.960. The SMILES string of the molecule is COC(=O)c1ccc2c(c1C)SCCC2(C)C. The van der Waals surface area contributed by atoms with E-state index >= 15 is 0 Å². The van der Waals surface area contributed by atoms with Gasteiger partial charge in [-0.1, -0.05) is 19.9 Å². The monoisotopic (exact) mass is 250 g/mol. The van der Waals surface area contributed by atoms with Crippen molar-refractivity contribution in [2.24, 2.45) is 0 Å². The molecular weight excluding hydrogens is 232 g/mol. The zero-order chi connectivity index (χ0) is 12.6. The van der Waals surface area contributed by atoms with Crippen molar-refractivity contribution in [3.05, 3.63) is 28.8 Å². The maximum atomic E-state index is 11.6. The Labute approximate surface area is 107 Å². The standard InChI is InChI=1S/C14H18O2S/c1-9-10(13(15)16-4)5-6-11-12(9)17-8-7-14(11,2)3/h5-6H,7-8H2,1-4H3. The van der Waals surface area contributed by atoms with Gasteiger partial charge in [-0.05, 0) is 41.7 Å². The van der Waals surface area contributed by atoms with E-state index in [9.17, 15) is 4.79 Å². The quantitative estimate of drug-likeness (QED) is 0.713. The number of ether oxygens (including phenoxy) is 1. The fourth-order valence-corrected chi connectivity index (χ4v) is 3.93. The summed E-state index contributed by atoms with van der Waals surface area (Å²) < 4.78 is 4.81. The van der Waals surface area contributed by atoms with Gasteiger partial charge in [0.05, 0.1) is 12.7 Å². The van der Waals surface area contributed by atoms with Crippen LogP contribution in [0.3, 0.4) is 0 Å². The minimum absolute atomic E-state index is 0.208. The molecule has 17 heavy (non-hydrogen) atoms. The van der Waals surface area contributed by atoms with Crippen molar-refractivity contribution < 1.29 is 9.53 Å². The predicted molar refractivity (Wildman–Crippen MR) is 70.9 cm³/mol. The average Bonchev–Trinajstić information content (AvgIpc) is 2.29. The van der Waals surface area contributed by atoms with Crippen LogP contribution < -0.4 is 0 Å². The number of benzene rings is 1. The van der Waals surface area contributed by atoms with Crippen LogP contribution in [0.25, 0.3) is 0 Å². The highest BCUT2D eigenvalue weighted by Gasteiger charge is 2.30. The van der Waals surface area contributed by atoms with Gasteiger partial charge in [-0.3, -0.25) is 0 Å². The van der Waals surface area contributed by atoms with Crippen molar-refractivity contribution in [1.29, 1.82) is 0 Å². The van der Waals surface area contributed by atoms with Crippen molar-refractivity contribution >= 4 is 17.7 Å². The van der Waals surface area contributed by atoms with E-state index < -0.39 is 0 Å². The van der Waals surface area contributed by atoms with E-state index in [2.05, 4.69) is 19.9 Å². The van der Waals surface area contributed by atoms with E-state index in [0.717, 1.165) is 11.3 Å². The summed E-state index contributed by atoms with van der Waals surface area (Å²) in [5.74, 6) is 0.875. The molecule has 1 heterocycles. The summed E-state index contributed by atoms with van der Waals surface area (Å²) in [6.07, 6.45) is 1.18. The van der Waals surface area contributed by atoms with Crippen molar-refractivity contribution in [2.45, 2.75) is 37.5 Å². The first kappa shape index (κ1) is 12.5. The van der Waals surface area contributed by atoms with Gasteiger partial charge < -0.3 is 4.74 Å². The zero-order valence-electron chi connectivity index (χ0n) is 10.8. The smallest absolute Gasteiger partial charge is 0.338 e. The summed E-state index contributed by atoms with van der Waals surface area (Å²) in [6.45, 7) is 6.55. The normalized spacial score (nSPS) is 17.4. The number of carbonyl (C=O) groups excluding carboxylic acids is 1. The molecule has 2 nitrogen and oxygen atoms in total. The molecule has 0 fully saturated rings. The number of fused-ring (bicyclic) bond motifs is 1. The van der Waals surface area contributed by atoms with Gasteiger partial charge in [0.2, 0.25) is 0 Å². The summed E-state index contributed by atoms with van der Waals surface area (Å²) in [5, 5.41) is 0. The van der Waals surface area contributed by atoms with Gasteiger partial charge in [0.1, 0.15) is 0 Å². The molecule has 0 unspecified atom stereocenters. The highest BCUT2D eigenvalue weighted by Crippen LogP contribution is 2.43. The zero-order valence-corrected chi connectivity index (χ0v) is 11.6. The molecular formula is C14H18O2S.